The van der Waals surface area contributed by atoms with Gasteiger partial charge in [-0.15, -0.1) is 0 Å². The van der Waals surface area contributed by atoms with Crippen molar-refractivity contribution in [2.45, 2.75) is 72.1 Å². The molecule has 0 spiro atoms. The monoisotopic (exact) mass is 314 g/mol. The molecule has 0 aromatic rings. The lowest BCUT2D eigenvalue weighted by Gasteiger charge is -2.58. The van der Waals surface area contributed by atoms with E-state index in [0.717, 1.165) is 43.4 Å². The van der Waals surface area contributed by atoms with E-state index in [9.17, 15) is 9.59 Å². The second-order valence-corrected chi connectivity index (χ2v) is 9.25. The Bertz CT molecular complexity index is 589. The van der Waals surface area contributed by atoms with Gasteiger partial charge in [-0.25, -0.2) is 0 Å². The molecule has 0 unspecified atom stereocenters. The maximum Gasteiger partial charge on any atom is 0.155 e. The molecule has 0 N–H and O–H groups in total. The van der Waals surface area contributed by atoms with E-state index in [0.29, 0.717) is 17.5 Å². The van der Waals surface area contributed by atoms with Gasteiger partial charge in [-0.1, -0.05) is 19.4 Å². The minimum atomic E-state index is 0.245. The molecular formula is C21H30O2. The molecule has 4 aliphatic rings. The van der Waals surface area contributed by atoms with E-state index < -0.39 is 0 Å². The minimum Gasteiger partial charge on any atom is -0.300 e. The van der Waals surface area contributed by atoms with Crippen molar-refractivity contribution in [1.29, 1.82) is 0 Å². The molecule has 23 heavy (non-hydrogen) atoms. The fourth-order valence-electron chi connectivity index (χ4n) is 7.23. The van der Waals surface area contributed by atoms with Gasteiger partial charge in [-0.3, -0.25) is 9.59 Å². The second kappa shape index (κ2) is 5.04. The third-order valence-corrected chi connectivity index (χ3v) is 8.45. The van der Waals surface area contributed by atoms with Crippen LogP contribution in [0.1, 0.15) is 72.1 Å². The smallest absolute Gasteiger partial charge is 0.155 e. The van der Waals surface area contributed by atoms with Gasteiger partial charge in [0.05, 0.1) is 0 Å². The summed E-state index contributed by atoms with van der Waals surface area (Å²) in [6.07, 6.45) is 10.9. The fourth-order valence-corrected chi connectivity index (χ4v) is 7.23. The maximum atomic E-state index is 12.1. The van der Waals surface area contributed by atoms with Gasteiger partial charge >= 0.3 is 0 Å². The summed E-state index contributed by atoms with van der Waals surface area (Å²) in [5.41, 5.74) is 1.95. The zero-order valence-electron chi connectivity index (χ0n) is 14.9. The van der Waals surface area contributed by atoms with Gasteiger partial charge in [0.15, 0.2) is 5.78 Å². The van der Waals surface area contributed by atoms with Crippen LogP contribution in [-0.2, 0) is 9.59 Å². The van der Waals surface area contributed by atoms with Crippen LogP contribution in [0.3, 0.4) is 0 Å². The SMILES string of the molecule is CC(=O)[C@H]1CC[C@H]2[C@@H]3CCC4=CC(=O)CC[C@@]4(C)[C@H]3CC[C@]12C. The number of hydrogen-bond acceptors (Lipinski definition) is 2. The lowest BCUT2D eigenvalue weighted by molar-refractivity contribution is -0.128. The lowest BCUT2D eigenvalue weighted by atomic mass is 9.47. The number of carbonyl (C=O) groups excluding carboxylic acids is 2. The van der Waals surface area contributed by atoms with E-state index in [1.165, 1.54) is 31.3 Å². The summed E-state index contributed by atoms with van der Waals surface area (Å²) in [7, 11) is 0. The summed E-state index contributed by atoms with van der Waals surface area (Å²) in [4.78, 5) is 24.0. The Morgan fingerprint density at radius 2 is 1.83 bits per heavy atom. The number of hydrogen-bond donors (Lipinski definition) is 0. The average Bonchev–Trinajstić information content (AvgIpc) is 2.85. The van der Waals surface area contributed by atoms with Crippen LogP contribution in [0, 0.1) is 34.5 Å². The van der Waals surface area contributed by atoms with Gasteiger partial charge in [0.2, 0.25) is 0 Å². The Morgan fingerprint density at radius 1 is 1.04 bits per heavy atom. The molecule has 2 nitrogen and oxygen atoms in total. The molecule has 4 rings (SSSR count). The number of fused-ring (bicyclic) bond motifs is 5. The summed E-state index contributed by atoms with van der Waals surface area (Å²) >= 11 is 0. The minimum absolute atomic E-state index is 0.245. The molecule has 0 bridgehead atoms. The van der Waals surface area contributed by atoms with Gasteiger partial charge < -0.3 is 0 Å². The molecule has 0 radical (unpaired) electrons. The summed E-state index contributed by atoms with van der Waals surface area (Å²) in [5, 5.41) is 0. The molecule has 6 atom stereocenters. The molecule has 0 heterocycles. The molecule has 126 valence electrons. The molecule has 3 saturated carbocycles. The highest BCUT2D eigenvalue weighted by atomic mass is 16.1. The van der Waals surface area contributed by atoms with Crippen LogP contribution in [0.5, 0.6) is 0 Å². The molecule has 0 amide bonds. The van der Waals surface area contributed by atoms with Crippen LogP contribution < -0.4 is 0 Å². The topological polar surface area (TPSA) is 34.1 Å². The summed E-state index contributed by atoms with van der Waals surface area (Å²) in [6, 6.07) is 0. The van der Waals surface area contributed by atoms with E-state index >= 15 is 0 Å². The number of allylic oxidation sites excluding steroid dienone is 1. The van der Waals surface area contributed by atoms with Crippen molar-refractivity contribution >= 4 is 11.6 Å². The van der Waals surface area contributed by atoms with Gasteiger partial charge in [0.1, 0.15) is 5.78 Å². The average molecular weight is 314 g/mol. The molecule has 0 aromatic carbocycles. The highest BCUT2D eigenvalue weighted by molar-refractivity contribution is 5.91. The first-order chi connectivity index (χ1) is 10.9. The van der Waals surface area contributed by atoms with Crippen LogP contribution in [0.25, 0.3) is 0 Å². The Balaban J connectivity index is 1.67. The Kier molecular flexibility index (Phi) is 3.42. The molecule has 0 saturated heterocycles. The van der Waals surface area contributed by atoms with Gasteiger partial charge in [-0.2, -0.15) is 0 Å². The number of Topliss-reactive ketones (excluding diaryl/α,β-unsaturated/α-hetero) is 1. The number of ketones is 2. The molecule has 3 fully saturated rings. The highest BCUT2D eigenvalue weighted by Gasteiger charge is 2.59. The Morgan fingerprint density at radius 3 is 2.57 bits per heavy atom. The first kappa shape index (κ1) is 15.6. The second-order valence-electron chi connectivity index (χ2n) is 9.25. The third-order valence-electron chi connectivity index (χ3n) is 8.45. The van der Waals surface area contributed by atoms with Crippen LogP contribution in [-0.4, -0.2) is 11.6 Å². The van der Waals surface area contributed by atoms with Crippen molar-refractivity contribution in [3.05, 3.63) is 11.6 Å². The van der Waals surface area contributed by atoms with Crippen molar-refractivity contribution in [2.75, 3.05) is 0 Å². The first-order valence-electron chi connectivity index (χ1n) is 9.60. The van der Waals surface area contributed by atoms with Crippen LogP contribution >= 0.6 is 0 Å². The van der Waals surface area contributed by atoms with Crippen molar-refractivity contribution in [3.63, 3.8) is 0 Å². The van der Waals surface area contributed by atoms with Crippen LogP contribution in [0.4, 0.5) is 0 Å². The maximum absolute atomic E-state index is 12.1. The van der Waals surface area contributed by atoms with Crippen molar-refractivity contribution in [3.8, 4) is 0 Å². The van der Waals surface area contributed by atoms with Crippen molar-refractivity contribution in [2.24, 2.45) is 34.5 Å². The summed E-state index contributed by atoms with van der Waals surface area (Å²) < 4.78 is 0. The standard InChI is InChI=1S/C21H30O2/c1-13(22)17-6-7-18-16-5-4-14-12-15(23)8-10-20(14,2)19(16)9-11-21(17,18)3/h12,16-19H,4-11H2,1-3H3/t16-,17+,18-,19-,20+,21+/m0/s1. The molecule has 0 aliphatic heterocycles. The van der Waals surface area contributed by atoms with Gasteiger partial charge in [0, 0.05) is 12.3 Å². The van der Waals surface area contributed by atoms with E-state index in [2.05, 4.69) is 13.8 Å². The van der Waals surface area contributed by atoms with Gasteiger partial charge in [0.25, 0.3) is 0 Å². The molecule has 4 aliphatic carbocycles. The van der Waals surface area contributed by atoms with Crippen molar-refractivity contribution in [1.82, 2.24) is 0 Å². The fraction of sp³-hybridized carbons (Fsp3) is 0.810. The first-order valence-corrected chi connectivity index (χ1v) is 9.60. The summed E-state index contributed by atoms with van der Waals surface area (Å²) in [6.45, 7) is 6.65. The predicted octanol–water partition coefficient (Wildman–Crippen LogP) is 4.72. The Labute approximate surface area is 140 Å². The predicted molar refractivity (Wildman–Crippen MR) is 90.9 cm³/mol. The van der Waals surface area contributed by atoms with Crippen LogP contribution in [0.2, 0.25) is 0 Å². The van der Waals surface area contributed by atoms with E-state index in [4.69, 9.17) is 0 Å². The normalized spacial score (nSPS) is 49.0. The number of rotatable bonds is 1. The van der Waals surface area contributed by atoms with Crippen molar-refractivity contribution < 1.29 is 9.59 Å². The quantitative estimate of drug-likeness (QED) is 0.701. The zero-order chi connectivity index (χ0) is 16.4. The molecule has 0 aromatic heterocycles. The summed E-state index contributed by atoms with van der Waals surface area (Å²) in [5.74, 6) is 3.29. The van der Waals surface area contributed by atoms with Crippen LogP contribution in [0.15, 0.2) is 11.6 Å². The largest absolute Gasteiger partial charge is 0.300 e. The van der Waals surface area contributed by atoms with E-state index in [1.54, 1.807) is 6.92 Å². The number of carbonyl (C=O) groups is 2. The van der Waals surface area contributed by atoms with E-state index in [-0.39, 0.29) is 10.8 Å². The highest BCUT2D eigenvalue weighted by Crippen LogP contribution is 2.66. The molecule has 2 heteroatoms. The zero-order valence-corrected chi connectivity index (χ0v) is 14.9. The Hall–Kier alpha value is -0.920. The van der Waals surface area contributed by atoms with Gasteiger partial charge in [-0.05, 0) is 86.5 Å². The van der Waals surface area contributed by atoms with E-state index in [1.807, 2.05) is 6.08 Å². The molecular weight excluding hydrogens is 284 g/mol. The lowest BCUT2D eigenvalue weighted by Crippen LogP contribution is -2.51. The third kappa shape index (κ3) is 2.06.